The summed E-state index contributed by atoms with van der Waals surface area (Å²) in [7, 11) is 0. The molecule has 0 radical (unpaired) electrons. The number of non-ortho nitro benzene ring substituents is 1. The Hall–Kier alpha value is -3.29. The van der Waals surface area contributed by atoms with Gasteiger partial charge in [-0.1, -0.05) is 18.1 Å². The highest BCUT2D eigenvalue weighted by Crippen LogP contribution is 2.38. The van der Waals surface area contributed by atoms with Gasteiger partial charge in [0.25, 0.3) is 5.69 Å². The van der Waals surface area contributed by atoms with Crippen LogP contribution in [0.1, 0.15) is 18.1 Å². The fourth-order valence-electron chi connectivity index (χ4n) is 2.32. The molecule has 27 heavy (non-hydrogen) atoms. The number of hydrogen-bond donors (Lipinski definition) is 0. The summed E-state index contributed by atoms with van der Waals surface area (Å²) in [6, 6.07) is 11.5. The molecule has 0 bridgehead atoms. The third-order valence-electron chi connectivity index (χ3n) is 3.43. The molecular formula is C20H15BrN2O4. The van der Waals surface area contributed by atoms with E-state index in [1.54, 1.807) is 24.3 Å². The molecule has 136 valence electrons. The highest BCUT2D eigenvalue weighted by atomic mass is 79.9. The summed E-state index contributed by atoms with van der Waals surface area (Å²) in [5.41, 5.74) is 1.32. The van der Waals surface area contributed by atoms with Crippen LogP contribution in [0.2, 0.25) is 0 Å². The summed E-state index contributed by atoms with van der Waals surface area (Å²) in [5, 5.41) is 20.5. The number of ether oxygens (including phenoxy) is 2. The number of terminal acetylenes is 1. The van der Waals surface area contributed by atoms with E-state index in [2.05, 4.69) is 27.9 Å². The largest absolute Gasteiger partial charge is 0.490 e. The first-order chi connectivity index (χ1) is 13.0. The van der Waals surface area contributed by atoms with Gasteiger partial charge in [-0.3, -0.25) is 10.1 Å². The molecule has 6 nitrogen and oxygen atoms in total. The van der Waals surface area contributed by atoms with E-state index in [1.807, 2.05) is 6.92 Å². The van der Waals surface area contributed by atoms with Gasteiger partial charge < -0.3 is 9.47 Å². The molecule has 2 rings (SSSR count). The Morgan fingerprint density at radius 2 is 2.15 bits per heavy atom. The SMILES string of the molecule is C#CCOc1c(Br)cc(C=C(C#N)c2cccc([N+](=O)[O-])c2)cc1OCC. The summed E-state index contributed by atoms with van der Waals surface area (Å²) in [4.78, 5) is 10.5. The zero-order valence-corrected chi connectivity index (χ0v) is 16.0. The van der Waals surface area contributed by atoms with Crippen LogP contribution in [-0.2, 0) is 0 Å². The molecule has 0 aliphatic carbocycles. The molecule has 0 saturated heterocycles. The lowest BCUT2D eigenvalue weighted by atomic mass is 10.0. The standard InChI is InChI=1S/C20H15BrN2O4/c1-3-8-27-20-18(21)10-14(11-19(20)26-4-2)9-16(13-22)15-6-5-7-17(12-15)23(24)25/h1,5-7,9-12H,4,8H2,2H3. The molecule has 2 aromatic carbocycles. The van der Waals surface area contributed by atoms with E-state index in [0.29, 0.717) is 33.7 Å². The van der Waals surface area contributed by atoms with Gasteiger partial charge in [-0.2, -0.15) is 5.26 Å². The second-order valence-electron chi connectivity index (χ2n) is 5.23. The molecule has 0 saturated carbocycles. The van der Waals surface area contributed by atoms with E-state index in [4.69, 9.17) is 15.9 Å². The molecule has 7 heteroatoms. The van der Waals surface area contributed by atoms with E-state index < -0.39 is 4.92 Å². The Labute approximate surface area is 165 Å². The van der Waals surface area contributed by atoms with Gasteiger partial charge in [-0.25, -0.2) is 0 Å². The van der Waals surface area contributed by atoms with Crippen LogP contribution in [0.25, 0.3) is 11.6 Å². The Balaban J connectivity index is 2.49. The van der Waals surface area contributed by atoms with Crippen LogP contribution in [-0.4, -0.2) is 18.1 Å². The zero-order valence-electron chi connectivity index (χ0n) is 14.4. The quantitative estimate of drug-likeness (QED) is 0.208. The lowest BCUT2D eigenvalue weighted by molar-refractivity contribution is -0.384. The van der Waals surface area contributed by atoms with E-state index >= 15 is 0 Å². The smallest absolute Gasteiger partial charge is 0.270 e. The number of benzene rings is 2. The second kappa shape index (κ2) is 9.42. The number of hydrogen-bond acceptors (Lipinski definition) is 5. The minimum atomic E-state index is -0.500. The van der Waals surface area contributed by atoms with Crippen molar-refractivity contribution in [3.8, 4) is 29.9 Å². The minimum Gasteiger partial charge on any atom is -0.490 e. The van der Waals surface area contributed by atoms with Crippen LogP contribution in [0.15, 0.2) is 40.9 Å². The summed E-state index contributed by atoms with van der Waals surface area (Å²) in [6.07, 6.45) is 6.86. The van der Waals surface area contributed by atoms with Crippen molar-refractivity contribution in [3.05, 3.63) is 62.1 Å². The molecule has 0 spiro atoms. The van der Waals surface area contributed by atoms with Gasteiger partial charge in [-0.15, -0.1) is 6.42 Å². The number of allylic oxidation sites excluding steroid dienone is 1. The maximum absolute atomic E-state index is 11.0. The van der Waals surface area contributed by atoms with Crippen LogP contribution < -0.4 is 9.47 Å². The van der Waals surface area contributed by atoms with Crippen LogP contribution in [0.5, 0.6) is 11.5 Å². The molecular weight excluding hydrogens is 412 g/mol. The Morgan fingerprint density at radius 3 is 2.78 bits per heavy atom. The Kier molecular flexibility index (Phi) is 6.99. The molecule has 0 aromatic heterocycles. The number of nitro benzene ring substituents is 1. The van der Waals surface area contributed by atoms with Gasteiger partial charge in [0.2, 0.25) is 0 Å². The Morgan fingerprint density at radius 1 is 1.37 bits per heavy atom. The molecule has 2 aromatic rings. The third-order valence-corrected chi connectivity index (χ3v) is 4.02. The zero-order chi connectivity index (χ0) is 19.8. The van der Waals surface area contributed by atoms with Crippen molar-refractivity contribution in [3.63, 3.8) is 0 Å². The lowest BCUT2D eigenvalue weighted by Crippen LogP contribution is -2.00. The molecule has 0 aliphatic rings. The van der Waals surface area contributed by atoms with E-state index in [-0.39, 0.29) is 17.9 Å². The van der Waals surface area contributed by atoms with Crippen LogP contribution >= 0.6 is 15.9 Å². The summed E-state index contributed by atoms with van der Waals surface area (Å²) >= 11 is 3.42. The first-order valence-electron chi connectivity index (χ1n) is 7.89. The van der Waals surface area contributed by atoms with E-state index in [0.717, 1.165) is 0 Å². The third kappa shape index (κ3) is 5.10. The van der Waals surface area contributed by atoms with Gasteiger partial charge in [0.1, 0.15) is 6.61 Å². The maximum Gasteiger partial charge on any atom is 0.270 e. The minimum absolute atomic E-state index is 0.0807. The van der Waals surface area contributed by atoms with Gasteiger partial charge in [0.15, 0.2) is 11.5 Å². The Bertz CT molecular complexity index is 971. The number of rotatable bonds is 7. The first-order valence-corrected chi connectivity index (χ1v) is 8.68. The number of nitrogens with zero attached hydrogens (tertiary/aromatic N) is 2. The highest BCUT2D eigenvalue weighted by molar-refractivity contribution is 9.10. The van der Waals surface area contributed by atoms with Crippen molar-refractivity contribution in [1.82, 2.24) is 0 Å². The normalized spacial score (nSPS) is 10.6. The molecule has 0 aliphatic heterocycles. The maximum atomic E-state index is 11.0. The number of nitro groups is 1. The fourth-order valence-corrected chi connectivity index (χ4v) is 2.90. The average molecular weight is 427 g/mol. The molecule has 0 fully saturated rings. The van der Waals surface area contributed by atoms with Crippen molar-refractivity contribution < 1.29 is 14.4 Å². The average Bonchev–Trinajstić information content (AvgIpc) is 2.66. The first kappa shape index (κ1) is 20.0. The molecule has 0 amide bonds. The second-order valence-corrected chi connectivity index (χ2v) is 6.09. The lowest BCUT2D eigenvalue weighted by Gasteiger charge is -2.13. The molecule has 0 heterocycles. The molecule has 0 N–H and O–H groups in total. The van der Waals surface area contributed by atoms with Gasteiger partial charge in [-0.05, 0) is 52.2 Å². The predicted octanol–water partition coefficient (Wildman–Crippen LogP) is 4.83. The van der Waals surface area contributed by atoms with Crippen LogP contribution in [0.3, 0.4) is 0 Å². The van der Waals surface area contributed by atoms with Crippen LogP contribution in [0, 0.1) is 33.8 Å². The van der Waals surface area contributed by atoms with Crippen LogP contribution in [0.4, 0.5) is 5.69 Å². The van der Waals surface area contributed by atoms with Crippen molar-refractivity contribution in [2.24, 2.45) is 0 Å². The summed E-state index contributed by atoms with van der Waals surface area (Å²) < 4.78 is 11.7. The van der Waals surface area contributed by atoms with Crippen molar-refractivity contribution >= 4 is 33.3 Å². The molecule has 0 unspecified atom stereocenters. The fraction of sp³-hybridized carbons (Fsp3) is 0.150. The molecule has 0 atom stereocenters. The van der Waals surface area contributed by atoms with Crippen molar-refractivity contribution in [2.75, 3.05) is 13.2 Å². The van der Waals surface area contributed by atoms with E-state index in [1.165, 1.54) is 18.2 Å². The summed E-state index contributed by atoms with van der Waals surface area (Å²) in [5.74, 6) is 3.35. The summed E-state index contributed by atoms with van der Waals surface area (Å²) in [6.45, 7) is 2.35. The van der Waals surface area contributed by atoms with Gasteiger partial charge >= 0.3 is 0 Å². The topological polar surface area (TPSA) is 85.4 Å². The van der Waals surface area contributed by atoms with Crippen molar-refractivity contribution in [1.29, 1.82) is 5.26 Å². The number of nitriles is 1. The van der Waals surface area contributed by atoms with Gasteiger partial charge in [0, 0.05) is 12.1 Å². The monoisotopic (exact) mass is 426 g/mol. The predicted molar refractivity (Wildman–Crippen MR) is 106 cm³/mol. The van der Waals surface area contributed by atoms with Crippen molar-refractivity contribution in [2.45, 2.75) is 6.92 Å². The number of halogens is 1. The van der Waals surface area contributed by atoms with E-state index in [9.17, 15) is 15.4 Å². The van der Waals surface area contributed by atoms with Gasteiger partial charge in [0.05, 0.1) is 27.6 Å². The highest BCUT2D eigenvalue weighted by Gasteiger charge is 2.13.